The van der Waals surface area contributed by atoms with Crippen molar-refractivity contribution >= 4 is 11.8 Å². The van der Waals surface area contributed by atoms with Crippen molar-refractivity contribution in [2.24, 2.45) is 0 Å². The van der Waals surface area contributed by atoms with Gasteiger partial charge in [0.1, 0.15) is 5.75 Å². The molecule has 0 unspecified atom stereocenters. The number of nitrogens with one attached hydrogen (secondary N) is 1. The third-order valence-corrected chi connectivity index (χ3v) is 4.58. The van der Waals surface area contributed by atoms with E-state index < -0.39 is 35.7 Å². The van der Waals surface area contributed by atoms with Gasteiger partial charge in [0.2, 0.25) is 5.88 Å². The molecule has 13 heteroatoms. The van der Waals surface area contributed by atoms with Crippen molar-refractivity contribution < 1.29 is 35.8 Å². The van der Waals surface area contributed by atoms with Crippen LogP contribution in [0, 0.1) is 0 Å². The first-order chi connectivity index (χ1) is 13.0. The van der Waals surface area contributed by atoms with Crippen LogP contribution in [0.5, 0.6) is 11.6 Å². The third-order valence-electron chi connectivity index (χ3n) is 3.68. The van der Waals surface area contributed by atoms with E-state index in [9.17, 15) is 31.1 Å². The monoisotopic (exact) mass is 427 g/mol. The summed E-state index contributed by atoms with van der Waals surface area (Å²) in [4.78, 5) is 22.0. The molecule has 0 spiro atoms. The van der Waals surface area contributed by atoms with Gasteiger partial charge in [0.15, 0.2) is 5.16 Å². The molecule has 0 aromatic carbocycles. The minimum Gasteiger partial charge on any atom is -0.405 e. The highest BCUT2D eigenvalue weighted by atomic mass is 32.2. The lowest BCUT2D eigenvalue weighted by Crippen LogP contribution is -2.21. The van der Waals surface area contributed by atoms with E-state index in [1.54, 1.807) is 0 Å². The number of pyridine rings is 1. The highest BCUT2D eigenvalue weighted by molar-refractivity contribution is 7.98. The second-order valence-corrected chi connectivity index (χ2v) is 6.59. The molecule has 6 nitrogen and oxygen atoms in total. The number of hydrogen-bond donors (Lipinski definition) is 1. The molecule has 0 amide bonds. The Morgan fingerprint density at radius 2 is 1.82 bits per heavy atom. The number of aromatic amines is 1. The molecular formula is C15H11F6N3O3S. The first-order valence-electron chi connectivity index (χ1n) is 7.76. The molecule has 28 heavy (non-hydrogen) atoms. The SMILES string of the molecule is O=c1[nH]c(SCc2c(OC(F)(F)F)ccnc2OC(F)(F)F)nc2c1CCC2. The summed E-state index contributed by atoms with van der Waals surface area (Å²) in [5.41, 5.74) is 0.142. The van der Waals surface area contributed by atoms with Gasteiger partial charge in [-0.1, -0.05) is 11.8 Å². The molecule has 0 bridgehead atoms. The number of hydrogen-bond acceptors (Lipinski definition) is 6. The van der Waals surface area contributed by atoms with Gasteiger partial charge in [-0.05, 0) is 25.3 Å². The van der Waals surface area contributed by atoms with Gasteiger partial charge in [-0.15, -0.1) is 26.3 Å². The average Bonchev–Trinajstić information content (AvgIpc) is 3.00. The van der Waals surface area contributed by atoms with Gasteiger partial charge in [-0.25, -0.2) is 9.97 Å². The van der Waals surface area contributed by atoms with Crippen LogP contribution in [0.4, 0.5) is 26.3 Å². The lowest BCUT2D eigenvalue weighted by molar-refractivity contribution is -0.278. The molecule has 2 heterocycles. The summed E-state index contributed by atoms with van der Waals surface area (Å²) in [6, 6.07) is 0.769. The Morgan fingerprint density at radius 3 is 2.50 bits per heavy atom. The minimum atomic E-state index is -5.16. The van der Waals surface area contributed by atoms with Crippen molar-refractivity contribution in [3.05, 3.63) is 39.4 Å². The molecule has 1 aliphatic rings. The van der Waals surface area contributed by atoms with Crippen molar-refractivity contribution in [3.63, 3.8) is 0 Å². The molecular weight excluding hydrogens is 416 g/mol. The molecule has 0 aliphatic heterocycles. The Morgan fingerprint density at radius 1 is 1.11 bits per heavy atom. The Balaban J connectivity index is 1.90. The molecule has 1 N–H and O–H groups in total. The number of aromatic nitrogens is 3. The first kappa shape index (κ1) is 20.3. The van der Waals surface area contributed by atoms with Gasteiger partial charge in [-0.2, -0.15) is 0 Å². The Bertz CT molecular complexity index is 894. The Kier molecular flexibility index (Phi) is 5.46. The molecule has 1 aliphatic carbocycles. The Hall–Kier alpha value is -2.44. The predicted octanol–water partition coefficient (Wildman–Crippen LogP) is 3.74. The minimum absolute atomic E-state index is 0.0606. The van der Waals surface area contributed by atoms with Crippen LogP contribution in [0.1, 0.15) is 23.2 Å². The number of ether oxygens (including phenoxy) is 2. The van der Waals surface area contributed by atoms with Gasteiger partial charge in [0.05, 0.1) is 11.3 Å². The largest absolute Gasteiger partial charge is 0.574 e. The van der Waals surface area contributed by atoms with Gasteiger partial charge >= 0.3 is 12.7 Å². The smallest absolute Gasteiger partial charge is 0.405 e. The zero-order valence-electron chi connectivity index (χ0n) is 13.8. The van der Waals surface area contributed by atoms with Crippen LogP contribution >= 0.6 is 11.8 Å². The maximum atomic E-state index is 12.6. The summed E-state index contributed by atoms with van der Waals surface area (Å²) in [5, 5.41) is 0.0606. The summed E-state index contributed by atoms with van der Waals surface area (Å²) in [6.45, 7) is 0. The maximum absolute atomic E-state index is 12.6. The van der Waals surface area contributed by atoms with Crippen LogP contribution < -0.4 is 15.0 Å². The third kappa shape index (κ3) is 5.09. The van der Waals surface area contributed by atoms with Gasteiger partial charge in [0, 0.05) is 17.5 Å². The molecule has 0 radical (unpaired) electrons. The van der Waals surface area contributed by atoms with E-state index in [0.29, 0.717) is 30.3 Å². The molecule has 2 aromatic rings. The van der Waals surface area contributed by atoms with Crippen LogP contribution in [-0.2, 0) is 18.6 Å². The fourth-order valence-corrected chi connectivity index (χ4v) is 3.52. The average molecular weight is 427 g/mol. The topological polar surface area (TPSA) is 77.1 Å². The first-order valence-corrected chi connectivity index (χ1v) is 8.74. The van der Waals surface area contributed by atoms with E-state index >= 15 is 0 Å². The predicted molar refractivity (Wildman–Crippen MR) is 84.0 cm³/mol. The second kappa shape index (κ2) is 7.53. The van der Waals surface area contributed by atoms with E-state index in [4.69, 9.17) is 0 Å². The maximum Gasteiger partial charge on any atom is 0.574 e. The fourth-order valence-electron chi connectivity index (χ4n) is 2.64. The van der Waals surface area contributed by atoms with Crippen LogP contribution in [0.3, 0.4) is 0 Å². The summed E-state index contributed by atoms with van der Waals surface area (Å²) in [7, 11) is 0. The lowest BCUT2D eigenvalue weighted by atomic mass is 10.3. The van der Waals surface area contributed by atoms with Crippen LogP contribution in [0.25, 0.3) is 0 Å². The van der Waals surface area contributed by atoms with E-state index in [1.807, 2.05) is 0 Å². The molecule has 152 valence electrons. The normalized spacial score (nSPS) is 14.1. The van der Waals surface area contributed by atoms with E-state index in [2.05, 4.69) is 24.4 Å². The van der Waals surface area contributed by atoms with Gasteiger partial charge in [0.25, 0.3) is 5.56 Å². The molecule has 0 saturated heterocycles. The summed E-state index contributed by atoms with van der Waals surface area (Å²) in [6.07, 6.45) is -7.70. The van der Waals surface area contributed by atoms with E-state index in [1.165, 1.54) is 0 Å². The van der Waals surface area contributed by atoms with Crippen LogP contribution in [0.2, 0.25) is 0 Å². The van der Waals surface area contributed by atoms with Crippen molar-refractivity contribution in [3.8, 4) is 11.6 Å². The zero-order chi connectivity index (χ0) is 20.5. The molecule has 2 aromatic heterocycles. The number of halogens is 6. The van der Waals surface area contributed by atoms with Crippen molar-refractivity contribution in [1.82, 2.24) is 15.0 Å². The highest BCUT2D eigenvalue weighted by Crippen LogP contribution is 2.37. The van der Waals surface area contributed by atoms with Gasteiger partial charge in [-0.3, -0.25) is 4.79 Å². The van der Waals surface area contributed by atoms with Crippen LogP contribution in [0.15, 0.2) is 22.2 Å². The number of H-pyrrole nitrogens is 1. The molecule has 0 saturated carbocycles. The number of fused-ring (bicyclic) bond motifs is 1. The van der Waals surface area contributed by atoms with E-state index in [0.717, 1.165) is 24.2 Å². The zero-order valence-corrected chi connectivity index (χ0v) is 14.6. The van der Waals surface area contributed by atoms with E-state index in [-0.39, 0.29) is 10.7 Å². The molecule has 0 fully saturated rings. The number of alkyl halides is 6. The molecule has 3 rings (SSSR count). The summed E-state index contributed by atoms with van der Waals surface area (Å²) >= 11 is 0.733. The highest BCUT2D eigenvalue weighted by Gasteiger charge is 2.36. The number of thioether (sulfide) groups is 1. The van der Waals surface area contributed by atoms with Crippen molar-refractivity contribution in [2.45, 2.75) is 42.9 Å². The van der Waals surface area contributed by atoms with Crippen LogP contribution in [-0.4, -0.2) is 27.7 Å². The summed E-state index contributed by atoms with van der Waals surface area (Å²) < 4.78 is 82.9. The molecule has 0 atom stereocenters. The lowest BCUT2D eigenvalue weighted by Gasteiger charge is -2.16. The number of nitrogens with zero attached hydrogens (tertiary/aromatic N) is 2. The quantitative estimate of drug-likeness (QED) is 0.445. The number of aryl methyl sites for hydroxylation is 1. The second-order valence-electron chi connectivity index (χ2n) is 5.63. The van der Waals surface area contributed by atoms with Gasteiger partial charge < -0.3 is 14.5 Å². The number of rotatable bonds is 5. The standard InChI is InChI=1S/C15H11F6N3O3S/c16-14(17,18)26-10-4-5-22-12(27-15(19,20)21)8(10)6-28-13-23-9-3-1-2-7(9)11(25)24-13/h4-5H,1-3,6H2,(H,23,24,25). The fraction of sp³-hybridized carbons (Fsp3) is 0.400. The van der Waals surface area contributed by atoms with Crippen molar-refractivity contribution in [1.29, 1.82) is 0 Å². The van der Waals surface area contributed by atoms with Crippen molar-refractivity contribution in [2.75, 3.05) is 0 Å². The Labute approximate surface area is 157 Å². The summed E-state index contributed by atoms with van der Waals surface area (Å²) in [5.74, 6) is -2.44.